The number of nitrogens with one attached hydrogen (secondary N) is 2. The maximum atomic E-state index is 13.0. The molecular weight excluding hydrogens is 367 g/mol. The number of carbonyl (C=O) groups is 2. The molecule has 0 aromatic heterocycles. The SMILES string of the molecule is O=C(Nc1ccc(C2(C(=O)NCC3CCCCC3)CC2)cc1)c1ccc(F)cc1. The molecule has 0 heterocycles. The summed E-state index contributed by atoms with van der Waals surface area (Å²) in [5.41, 5.74) is 1.64. The van der Waals surface area contributed by atoms with Crippen LogP contribution in [0.5, 0.6) is 0 Å². The van der Waals surface area contributed by atoms with E-state index in [4.69, 9.17) is 0 Å². The molecular formula is C24H27FN2O2. The highest BCUT2D eigenvalue weighted by atomic mass is 19.1. The Morgan fingerprint density at radius 3 is 2.21 bits per heavy atom. The number of benzene rings is 2. The predicted molar refractivity (Wildman–Crippen MR) is 111 cm³/mol. The lowest BCUT2D eigenvalue weighted by Gasteiger charge is -2.23. The van der Waals surface area contributed by atoms with Crippen molar-refractivity contribution in [2.24, 2.45) is 5.92 Å². The third kappa shape index (κ3) is 4.50. The van der Waals surface area contributed by atoms with Crippen LogP contribution < -0.4 is 10.6 Å². The number of hydrogen-bond donors (Lipinski definition) is 2. The Morgan fingerprint density at radius 2 is 1.59 bits per heavy atom. The van der Waals surface area contributed by atoms with Gasteiger partial charge < -0.3 is 10.6 Å². The standard InChI is InChI=1S/C24H27FN2O2/c25-20-10-6-18(7-11-20)22(28)27-21-12-8-19(9-13-21)24(14-15-24)23(29)26-16-17-4-2-1-3-5-17/h6-13,17H,1-5,14-16H2,(H,26,29)(H,27,28). The smallest absolute Gasteiger partial charge is 0.255 e. The fourth-order valence-electron chi connectivity index (χ4n) is 4.25. The first-order chi connectivity index (χ1) is 14.1. The van der Waals surface area contributed by atoms with Gasteiger partial charge in [-0.15, -0.1) is 0 Å². The van der Waals surface area contributed by atoms with Crippen molar-refractivity contribution in [1.29, 1.82) is 0 Å². The summed E-state index contributed by atoms with van der Waals surface area (Å²) >= 11 is 0. The molecule has 0 atom stereocenters. The van der Waals surface area contributed by atoms with Gasteiger partial charge >= 0.3 is 0 Å². The normalized spacial score (nSPS) is 18.1. The Labute approximate surface area is 170 Å². The second-order valence-electron chi connectivity index (χ2n) is 8.33. The molecule has 2 N–H and O–H groups in total. The molecule has 29 heavy (non-hydrogen) atoms. The van der Waals surface area contributed by atoms with E-state index in [-0.39, 0.29) is 17.6 Å². The molecule has 2 saturated carbocycles. The first kappa shape index (κ1) is 19.6. The Kier molecular flexibility index (Phi) is 5.65. The maximum absolute atomic E-state index is 13.0. The van der Waals surface area contributed by atoms with E-state index in [0.29, 0.717) is 17.2 Å². The molecule has 0 radical (unpaired) electrons. The number of amides is 2. The molecule has 4 nitrogen and oxygen atoms in total. The number of hydrogen-bond acceptors (Lipinski definition) is 2. The minimum absolute atomic E-state index is 0.131. The van der Waals surface area contributed by atoms with Crippen LogP contribution in [-0.2, 0) is 10.2 Å². The molecule has 0 bridgehead atoms. The Morgan fingerprint density at radius 1 is 0.931 bits per heavy atom. The summed E-state index contributed by atoms with van der Waals surface area (Å²) in [5.74, 6) is 0.0882. The first-order valence-corrected chi connectivity index (χ1v) is 10.5. The van der Waals surface area contributed by atoms with Crippen LogP contribution >= 0.6 is 0 Å². The van der Waals surface area contributed by atoms with Gasteiger partial charge in [0.2, 0.25) is 5.91 Å². The van der Waals surface area contributed by atoms with Crippen molar-refractivity contribution in [3.05, 3.63) is 65.5 Å². The number of halogens is 1. The van der Waals surface area contributed by atoms with E-state index in [9.17, 15) is 14.0 Å². The summed E-state index contributed by atoms with van der Waals surface area (Å²) < 4.78 is 13.0. The van der Waals surface area contributed by atoms with Crippen LogP contribution in [0, 0.1) is 11.7 Å². The van der Waals surface area contributed by atoms with E-state index in [1.165, 1.54) is 56.4 Å². The molecule has 2 aromatic rings. The summed E-state index contributed by atoms with van der Waals surface area (Å²) in [6.07, 6.45) is 8.03. The summed E-state index contributed by atoms with van der Waals surface area (Å²) in [4.78, 5) is 25.1. The van der Waals surface area contributed by atoms with Gasteiger partial charge in [0.15, 0.2) is 0 Å². The fourth-order valence-corrected chi connectivity index (χ4v) is 4.25. The lowest BCUT2D eigenvalue weighted by atomic mass is 9.88. The highest BCUT2D eigenvalue weighted by molar-refractivity contribution is 6.04. The van der Waals surface area contributed by atoms with Gasteiger partial charge in [-0.1, -0.05) is 31.4 Å². The number of rotatable bonds is 6. The first-order valence-electron chi connectivity index (χ1n) is 10.5. The molecule has 5 heteroatoms. The zero-order valence-corrected chi connectivity index (χ0v) is 16.5. The molecule has 0 saturated heterocycles. The fraction of sp³-hybridized carbons (Fsp3) is 0.417. The van der Waals surface area contributed by atoms with Gasteiger partial charge in [0.05, 0.1) is 5.41 Å². The van der Waals surface area contributed by atoms with Gasteiger partial charge in [-0.3, -0.25) is 9.59 Å². The highest BCUT2D eigenvalue weighted by Gasteiger charge is 2.51. The van der Waals surface area contributed by atoms with E-state index >= 15 is 0 Å². The van der Waals surface area contributed by atoms with Crippen molar-refractivity contribution < 1.29 is 14.0 Å². The Bertz CT molecular complexity index is 867. The number of carbonyl (C=O) groups excluding carboxylic acids is 2. The summed E-state index contributed by atoms with van der Waals surface area (Å²) in [6.45, 7) is 0.784. The van der Waals surface area contributed by atoms with Crippen LogP contribution in [0.2, 0.25) is 0 Å². The van der Waals surface area contributed by atoms with Gasteiger partial charge in [-0.05, 0) is 73.6 Å². The highest BCUT2D eigenvalue weighted by Crippen LogP contribution is 2.48. The van der Waals surface area contributed by atoms with Gasteiger partial charge in [0.1, 0.15) is 5.82 Å². The summed E-state index contributed by atoms with van der Waals surface area (Å²) in [6, 6.07) is 12.9. The van der Waals surface area contributed by atoms with Crippen molar-refractivity contribution in [3.63, 3.8) is 0 Å². The average molecular weight is 394 g/mol. The molecule has 2 amide bonds. The molecule has 4 rings (SSSR count). The Balaban J connectivity index is 1.36. The molecule has 2 aliphatic carbocycles. The van der Waals surface area contributed by atoms with Crippen LogP contribution in [0.4, 0.5) is 10.1 Å². The zero-order valence-electron chi connectivity index (χ0n) is 16.5. The van der Waals surface area contributed by atoms with Gasteiger partial charge in [-0.2, -0.15) is 0 Å². The third-order valence-corrected chi connectivity index (χ3v) is 6.26. The van der Waals surface area contributed by atoms with E-state index in [2.05, 4.69) is 10.6 Å². The molecule has 2 aromatic carbocycles. The van der Waals surface area contributed by atoms with Crippen LogP contribution in [0.1, 0.15) is 60.9 Å². The topological polar surface area (TPSA) is 58.2 Å². The van der Waals surface area contributed by atoms with Gasteiger partial charge in [0, 0.05) is 17.8 Å². The maximum Gasteiger partial charge on any atom is 0.255 e. The van der Waals surface area contributed by atoms with E-state index in [1.54, 1.807) is 0 Å². The van der Waals surface area contributed by atoms with Crippen molar-refractivity contribution in [2.75, 3.05) is 11.9 Å². The second-order valence-corrected chi connectivity index (χ2v) is 8.33. The van der Waals surface area contributed by atoms with Crippen molar-refractivity contribution in [3.8, 4) is 0 Å². The summed E-state index contributed by atoms with van der Waals surface area (Å²) in [5, 5.41) is 6.00. The molecule has 2 fully saturated rings. The van der Waals surface area contributed by atoms with Crippen molar-refractivity contribution in [2.45, 2.75) is 50.4 Å². The van der Waals surface area contributed by atoms with Crippen LogP contribution in [0.25, 0.3) is 0 Å². The molecule has 0 unspecified atom stereocenters. The van der Waals surface area contributed by atoms with Crippen molar-refractivity contribution >= 4 is 17.5 Å². The Hall–Kier alpha value is -2.69. The minimum Gasteiger partial charge on any atom is -0.355 e. The zero-order chi connectivity index (χ0) is 20.3. The molecule has 0 aliphatic heterocycles. The molecule has 2 aliphatic rings. The predicted octanol–water partition coefficient (Wildman–Crippen LogP) is 4.81. The largest absolute Gasteiger partial charge is 0.355 e. The second kappa shape index (κ2) is 8.36. The van der Waals surface area contributed by atoms with Gasteiger partial charge in [0.25, 0.3) is 5.91 Å². The van der Waals surface area contributed by atoms with Crippen LogP contribution in [0.15, 0.2) is 48.5 Å². The summed E-state index contributed by atoms with van der Waals surface area (Å²) in [7, 11) is 0. The van der Waals surface area contributed by atoms with Crippen molar-refractivity contribution in [1.82, 2.24) is 5.32 Å². The third-order valence-electron chi connectivity index (χ3n) is 6.26. The molecule has 0 spiro atoms. The van der Waals surface area contributed by atoms with Crippen LogP contribution in [0.3, 0.4) is 0 Å². The lowest BCUT2D eigenvalue weighted by Crippen LogP contribution is -2.38. The minimum atomic E-state index is -0.409. The van der Waals surface area contributed by atoms with E-state index in [0.717, 1.165) is 24.9 Å². The van der Waals surface area contributed by atoms with Crippen LogP contribution in [-0.4, -0.2) is 18.4 Å². The lowest BCUT2D eigenvalue weighted by molar-refractivity contribution is -0.123. The number of anilines is 1. The van der Waals surface area contributed by atoms with E-state index < -0.39 is 5.41 Å². The van der Waals surface area contributed by atoms with E-state index in [1.807, 2.05) is 24.3 Å². The monoisotopic (exact) mass is 394 g/mol. The van der Waals surface area contributed by atoms with Gasteiger partial charge in [-0.25, -0.2) is 4.39 Å². The quantitative estimate of drug-likeness (QED) is 0.739. The molecule has 152 valence electrons. The average Bonchev–Trinajstić information content (AvgIpc) is 3.56.